The van der Waals surface area contributed by atoms with Crippen LogP contribution in [-0.2, 0) is 0 Å². The lowest BCUT2D eigenvalue weighted by Crippen LogP contribution is -1.99. The van der Waals surface area contributed by atoms with Crippen LogP contribution in [-0.4, -0.2) is 5.24 Å². The summed E-state index contributed by atoms with van der Waals surface area (Å²) in [4.78, 5) is 9.71. The van der Waals surface area contributed by atoms with Crippen LogP contribution in [0.15, 0.2) is 12.0 Å². The van der Waals surface area contributed by atoms with Crippen LogP contribution in [0.25, 0.3) is 0 Å². The standard InChI is InChI=1S/C3H5NOS/c1-2-6-3(4)5/h2H,1H2,(H2,4,5). The Bertz CT molecular complexity index is 71.2. The second kappa shape index (κ2) is 2.78. The van der Waals surface area contributed by atoms with Gasteiger partial charge in [0.2, 0.25) is 0 Å². The molecule has 2 N–H and O–H groups in total. The molecule has 34 valence electrons. The molecule has 1 amide bonds. The minimum Gasteiger partial charge on any atom is -0.360 e. The minimum atomic E-state index is -0.412. The third-order valence-corrected chi connectivity index (χ3v) is 0.598. The van der Waals surface area contributed by atoms with E-state index < -0.39 is 5.24 Å². The third-order valence-electron chi connectivity index (χ3n) is 0.199. The van der Waals surface area contributed by atoms with Gasteiger partial charge in [0.25, 0.3) is 5.24 Å². The summed E-state index contributed by atoms with van der Waals surface area (Å²) >= 11 is 0.889. The van der Waals surface area contributed by atoms with Crippen molar-refractivity contribution in [2.45, 2.75) is 0 Å². The van der Waals surface area contributed by atoms with Crippen LogP contribution in [0.2, 0.25) is 0 Å². The van der Waals surface area contributed by atoms with Crippen LogP contribution in [0.1, 0.15) is 0 Å². The Balaban J connectivity index is 3.05. The fourth-order valence-corrected chi connectivity index (χ4v) is 0.246. The quantitative estimate of drug-likeness (QED) is 0.536. The van der Waals surface area contributed by atoms with Crippen molar-refractivity contribution in [1.82, 2.24) is 0 Å². The number of carbonyl (C=O) groups is 1. The summed E-state index contributed by atoms with van der Waals surface area (Å²) < 4.78 is 0. The molecule has 2 nitrogen and oxygen atoms in total. The van der Waals surface area contributed by atoms with Gasteiger partial charge in [0, 0.05) is 0 Å². The van der Waals surface area contributed by atoms with Gasteiger partial charge in [-0.2, -0.15) is 0 Å². The zero-order valence-electron chi connectivity index (χ0n) is 3.18. The summed E-state index contributed by atoms with van der Waals surface area (Å²) in [6, 6.07) is 0. The number of hydrogen-bond donors (Lipinski definition) is 1. The summed E-state index contributed by atoms with van der Waals surface area (Å²) in [5.74, 6) is 0. The van der Waals surface area contributed by atoms with Crippen molar-refractivity contribution < 1.29 is 4.79 Å². The van der Waals surface area contributed by atoms with E-state index in [2.05, 4.69) is 12.3 Å². The van der Waals surface area contributed by atoms with Crippen LogP contribution < -0.4 is 5.73 Å². The van der Waals surface area contributed by atoms with Gasteiger partial charge in [-0.25, -0.2) is 0 Å². The summed E-state index contributed by atoms with van der Waals surface area (Å²) in [5, 5.41) is 0.979. The molecular formula is C3H5NOS. The highest BCUT2D eigenvalue weighted by atomic mass is 32.2. The maximum absolute atomic E-state index is 9.71. The van der Waals surface area contributed by atoms with Crippen molar-refractivity contribution in [2.24, 2.45) is 5.73 Å². The highest BCUT2D eigenvalue weighted by Gasteiger charge is 1.81. The molecule has 0 unspecified atom stereocenters. The Morgan fingerprint density at radius 2 is 2.50 bits per heavy atom. The van der Waals surface area contributed by atoms with Crippen molar-refractivity contribution in [3.05, 3.63) is 12.0 Å². The largest absolute Gasteiger partial charge is 0.360 e. The molecule has 3 heteroatoms. The molecule has 0 aliphatic carbocycles. The molecule has 6 heavy (non-hydrogen) atoms. The van der Waals surface area contributed by atoms with E-state index >= 15 is 0 Å². The number of nitrogens with two attached hydrogens (primary N) is 1. The zero-order valence-corrected chi connectivity index (χ0v) is 3.99. The lowest BCUT2D eigenvalue weighted by atomic mass is 11.3. The second-order valence-electron chi connectivity index (χ2n) is 0.604. The van der Waals surface area contributed by atoms with Gasteiger partial charge >= 0.3 is 0 Å². The number of amides is 1. The molecular weight excluding hydrogens is 98.1 g/mol. The normalized spacial score (nSPS) is 7.33. The van der Waals surface area contributed by atoms with Gasteiger partial charge in [-0.3, -0.25) is 4.79 Å². The van der Waals surface area contributed by atoms with E-state index in [0.29, 0.717) is 0 Å². The first kappa shape index (κ1) is 5.56. The van der Waals surface area contributed by atoms with Crippen molar-refractivity contribution in [3.63, 3.8) is 0 Å². The van der Waals surface area contributed by atoms with E-state index in [1.54, 1.807) is 0 Å². The number of rotatable bonds is 1. The minimum absolute atomic E-state index is 0.412. The maximum Gasteiger partial charge on any atom is 0.280 e. The van der Waals surface area contributed by atoms with E-state index in [4.69, 9.17) is 0 Å². The van der Waals surface area contributed by atoms with E-state index in [-0.39, 0.29) is 0 Å². The van der Waals surface area contributed by atoms with Gasteiger partial charge in [-0.05, 0) is 17.2 Å². The predicted molar refractivity (Wildman–Crippen MR) is 27.4 cm³/mol. The van der Waals surface area contributed by atoms with E-state index in [1.807, 2.05) is 0 Å². The molecule has 0 saturated heterocycles. The van der Waals surface area contributed by atoms with Gasteiger partial charge < -0.3 is 5.73 Å². The Morgan fingerprint density at radius 3 is 2.50 bits per heavy atom. The van der Waals surface area contributed by atoms with Gasteiger partial charge in [-0.15, -0.1) is 0 Å². The first-order valence-corrected chi connectivity index (χ1v) is 2.22. The molecule has 0 aliphatic rings. The molecule has 0 saturated carbocycles. The molecule has 0 radical (unpaired) electrons. The SMILES string of the molecule is C=CSC(N)=O. The highest BCUT2D eigenvalue weighted by molar-refractivity contribution is 8.16. The van der Waals surface area contributed by atoms with Gasteiger partial charge in [0.1, 0.15) is 0 Å². The number of primary amides is 1. The smallest absolute Gasteiger partial charge is 0.280 e. The van der Waals surface area contributed by atoms with Crippen LogP contribution in [0.3, 0.4) is 0 Å². The molecule has 0 spiro atoms. The molecule has 0 bridgehead atoms. The topological polar surface area (TPSA) is 43.1 Å². The summed E-state index contributed by atoms with van der Waals surface area (Å²) in [7, 11) is 0. The van der Waals surface area contributed by atoms with Crippen LogP contribution in [0.4, 0.5) is 4.79 Å². The maximum atomic E-state index is 9.71. The predicted octanol–water partition coefficient (Wildman–Crippen LogP) is 0.942. The molecule has 0 fully saturated rings. The number of hydrogen-bond acceptors (Lipinski definition) is 2. The fourth-order valence-electron chi connectivity index (χ4n) is 0.0821. The van der Waals surface area contributed by atoms with Gasteiger partial charge in [0.05, 0.1) is 0 Å². The first-order chi connectivity index (χ1) is 2.77. The molecule has 0 rings (SSSR count). The van der Waals surface area contributed by atoms with Crippen molar-refractivity contribution in [2.75, 3.05) is 0 Å². The molecule has 0 heterocycles. The number of carbonyl (C=O) groups excluding carboxylic acids is 1. The Kier molecular flexibility index (Phi) is 2.58. The molecule has 0 aromatic rings. The first-order valence-electron chi connectivity index (χ1n) is 1.34. The molecule has 0 aromatic heterocycles. The van der Waals surface area contributed by atoms with Gasteiger partial charge in [-0.1, -0.05) is 6.58 Å². The molecule has 0 aliphatic heterocycles. The van der Waals surface area contributed by atoms with Crippen LogP contribution >= 0.6 is 11.8 Å². The lowest BCUT2D eigenvalue weighted by Gasteiger charge is -1.75. The number of thioether (sulfide) groups is 1. The van der Waals surface area contributed by atoms with Crippen molar-refractivity contribution >= 4 is 17.0 Å². The average molecular weight is 103 g/mol. The highest BCUT2D eigenvalue weighted by Crippen LogP contribution is 1.95. The van der Waals surface area contributed by atoms with Crippen LogP contribution in [0, 0.1) is 0 Å². The Labute approximate surface area is 40.4 Å². The van der Waals surface area contributed by atoms with Crippen LogP contribution in [0.5, 0.6) is 0 Å². The average Bonchev–Trinajstić information content (AvgIpc) is 1.35. The second-order valence-corrected chi connectivity index (χ2v) is 1.57. The lowest BCUT2D eigenvalue weighted by molar-refractivity contribution is 0.267. The summed E-state index contributed by atoms with van der Waals surface area (Å²) in [6.07, 6.45) is 0. The Morgan fingerprint density at radius 1 is 2.00 bits per heavy atom. The molecule has 0 aromatic carbocycles. The van der Waals surface area contributed by atoms with E-state index in [9.17, 15) is 4.79 Å². The summed E-state index contributed by atoms with van der Waals surface area (Å²) in [6.45, 7) is 3.26. The third kappa shape index (κ3) is 3.56. The monoisotopic (exact) mass is 103 g/mol. The molecule has 0 atom stereocenters. The van der Waals surface area contributed by atoms with Gasteiger partial charge in [0.15, 0.2) is 0 Å². The Hall–Kier alpha value is -0.440. The van der Waals surface area contributed by atoms with E-state index in [1.165, 1.54) is 5.41 Å². The zero-order chi connectivity index (χ0) is 4.99. The summed E-state index contributed by atoms with van der Waals surface area (Å²) in [5.41, 5.74) is 4.66. The van der Waals surface area contributed by atoms with Crippen molar-refractivity contribution in [1.29, 1.82) is 0 Å². The van der Waals surface area contributed by atoms with Crippen molar-refractivity contribution in [3.8, 4) is 0 Å². The fraction of sp³-hybridized carbons (Fsp3) is 0. The van der Waals surface area contributed by atoms with E-state index in [0.717, 1.165) is 11.8 Å².